The Hall–Kier alpha value is -0.692. The number of hydrogen-bond acceptors (Lipinski definition) is 2. The molecule has 0 aromatic carbocycles. The number of hydrogen-bond donors (Lipinski definition) is 1. The van der Waals surface area contributed by atoms with Crippen molar-refractivity contribution in [1.82, 2.24) is 4.98 Å². The van der Waals surface area contributed by atoms with E-state index < -0.39 is 5.91 Å². The Balaban J connectivity index is 0.000000810. The van der Waals surface area contributed by atoms with Crippen LogP contribution in [0.2, 0.25) is 0 Å². The van der Waals surface area contributed by atoms with Gasteiger partial charge in [-0.2, -0.15) is 0 Å². The van der Waals surface area contributed by atoms with Crippen molar-refractivity contribution in [3.63, 3.8) is 0 Å². The van der Waals surface area contributed by atoms with Crippen LogP contribution < -0.4 is 5.73 Å². The largest absolute Gasteiger partial charge is 0.394 e. The number of carbonyl (C=O) groups is 1. The first-order valence-electron chi connectivity index (χ1n) is 2.42. The van der Waals surface area contributed by atoms with E-state index in [0.717, 1.165) is 0 Å². The van der Waals surface area contributed by atoms with Crippen LogP contribution in [0, 0.1) is 6.20 Å². The van der Waals surface area contributed by atoms with E-state index in [0.29, 0.717) is 5.56 Å². The third-order valence-electron chi connectivity index (χ3n) is 0.908. The van der Waals surface area contributed by atoms with Crippen molar-refractivity contribution in [2.24, 2.45) is 5.73 Å². The van der Waals surface area contributed by atoms with Crippen molar-refractivity contribution in [2.75, 3.05) is 0 Å². The van der Waals surface area contributed by atoms with Crippen LogP contribution in [0.3, 0.4) is 0 Å². The second-order valence-corrected chi connectivity index (χ2v) is 1.54. The fourth-order valence-corrected chi connectivity index (χ4v) is 0.469. The summed E-state index contributed by atoms with van der Waals surface area (Å²) in [5.74, 6) is -0.450. The van der Waals surface area contributed by atoms with Crippen LogP contribution in [0.25, 0.3) is 0 Å². The van der Waals surface area contributed by atoms with Crippen LogP contribution in [0.15, 0.2) is 18.3 Å². The molecule has 0 saturated heterocycles. The van der Waals surface area contributed by atoms with Gasteiger partial charge >= 0.3 is 0 Å². The molecular weight excluding hydrogens is 300 g/mol. The van der Waals surface area contributed by atoms with Crippen molar-refractivity contribution in [3.8, 4) is 0 Å². The summed E-state index contributed by atoms with van der Waals surface area (Å²) in [6.45, 7) is 0. The van der Waals surface area contributed by atoms with Gasteiger partial charge in [-0.1, -0.05) is 18.0 Å². The summed E-state index contributed by atoms with van der Waals surface area (Å²) in [5.41, 5.74) is 5.36. The van der Waals surface area contributed by atoms with Crippen molar-refractivity contribution in [3.05, 3.63) is 30.1 Å². The monoisotopic (exact) mass is 305 g/mol. The van der Waals surface area contributed by atoms with E-state index in [-0.39, 0.29) is 21.1 Å². The van der Waals surface area contributed by atoms with Crippen LogP contribution >= 0.6 is 0 Å². The van der Waals surface area contributed by atoms with E-state index in [4.69, 9.17) is 5.73 Å². The predicted octanol–water partition coefficient (Wildman–Crippen LogP) is -0.0218. The van der Waals surface area contributed by atoms with E-state index in [1.54, 1.807) is 6.07 Å². The van der Waals surface area contributed by atoms with Gasteiger partial charge < -0.3 is 10.7 Å². The van der Waals surface area contributed by atoms with Crippen LogP contribution in [0.5, 0.6) is 0 Å². The molecule has 0 spiro atoms. The molecule has 0 fully saturated rings. The summed E-state index contributed by atoms with van der Waals surface area (Å²) in [6, 6.07) is 2.99. The van der Waals surface area contributed by atoms with E-state index in [1.165, 1.54) is 12.3 Å². The Morgan fingerprint density at radius 3 is 2.70 bits per heavy atom. The molecule has 2 N–H and O–H groups in total. The van der Waals surface area contributed by atoms with Crippen molar-refractivity contribution >= 4 is 5.91 Å². The van der Waals surface area contributed by atoms with Gasteiger partial charge in [-0.15, -0.1) is 12.1 Å². The minimum Gasteiger partial charge on any atom is -0.394 e. The molecular formula is C6H5N2OW-. The van der Waals surface area contributed by atoms with Gasteiger partial charge in [0.2, 0.25) is 0 Å². The Bertz CT molecular complexity index is 212. The predicted molar refractivity (Wildman–Crippen MR) is 31.6 cm³/mol. The summed E-state index contributed by atoms with van der Waals surface area (Å²) in [7, 11) is 0. The fourth-order valence-electron chi connectivity index (χ4n) is 0.469. The van der Waals surface area contributed by atoms with E-state index >= 15 is 0 Å². The number of carbonyl (C=O) groups excluding carboxylic acids is 1. The van der Waals surface area contributed by atoms with Crippen LogP contribution in [0.4, 0.5) is 0 Å². The van der Waals surface area contributed by atoms with Crippen molar-refractivity contribution in [1.29, 1.82) is 0 Å². The molecule has 0 atom stereocenters. The number of pyridine rings is 1. The maximum Gasteiger partial charge on any atom is 0.192 e. The molecule has 0 aliphatic rings. The summed E-state index contributed by atoms with van der Waals surface area (Å²) in [6.07, 6.45) is 3.96. The Kier molecular flexibility index (Phi) is 3.89. The SMILES string of the molecule is NC(=O)c1c[c-]ncc1.[W]. The second-order valence-electron chi connectivity index (χ2n) is 1.54. The molecule has 1 aromatic rings. The van der Waals surface area contributed by atoms with Gasteiger partial charge in [-0.05, 0) is 0 Å². The van der Waals surface area contributed by atoms with Crippen molar-refractivity contribution in [2.45, 2.75) is 0 Å². The van der Waals surface area contributed by atoms with E-state index in [9.17, 15) is 4.79 Å². The number of nitrogens with zero attached hydrogens (tertiary/aromatic N) is 1. The molecule has 52 valence electrons. The average Bonchev–Trinajstić information content (AvgIpc) is 1.90. The number of aromatic nitrogens is 1. The maximum atomic E-state index is 10.4. The number of rotatable bonds is 1. The topological polar surface area (TPSA) is 56.0 Å². The molecule has 0 bridgehead atoms. The fraction of sp³-hybridized carbons (Fsp3) is 0. The zero-order chi connectivity index (χ0) is 6.69. The number of amides is 1. The number of primary amides is 1. The quantitative estimate of drug-likeness (QED) is 0.741. The van der Waals surface area contributed by atoms with Crippen LogP contribution in [-0.2, 0) is 21.1 Å². The molecule has 0 aliphatic heterocycles. The molecule has 3 nitrogen and oxygen atoms in total. The zero-order valence-electron chi connectivity index (χ0n) is 5.07. The molecule has 0 saturated carbocycles. The van der Waals surface area contributed by atoms with Crippen LogP contribution in [-0.4, -0.2) is 10.9 Å². The molecule has 0 aliphatic carbocycles. The van der Waals surface area contributed by atoms with E-state index in [1.807, 2.05) is 0 Å². The first-order chi connectivity index (χ1) is 4.30. The Labute approximate surface area is 72.9 Å². The molecule has 1 heterocycles. The number of nitrogens with two attached hydrogens (primary N) is 1. The third kappa shape index (κ3) is 2.27. The van der Waals surface area contributed by atoms with Crippen LogP contribution in [0.1, 0.15) is 10.4 Å². The first kappa shape index (κ1) is 9.31. The standard InChI is InChI=1S/C6H5N2O.W/c7-6(9)5-1-3-8-4-2-5;/h1-3H,(H2,7,9);/q-1;. The molecule has 0 unspecified atom stereocenters. The van der Waals surface area contributed by atoms with Gasteiger partial charge in [0.15, 0.2) is 5.91 Å². The molecule has 4 heteroatoms. The molecule has 1 aromatic heterocycles. The minimum absolute atomic E-state index is 0. The van der Waals surface area contributed by atoms with E-state index in [2.05, 4.69) is 11.2 Å². The summed E-state index contributed by atoms with van der Waals surface area (Å²) >= 11 is 0. The van der Waals surface area contributed by atoms with Gasteiger partial charge in [-0.3, -0.25) is 4.79 Å². The van der Waals surface area contributed by atoms with Gasteiger partial charge in [0.05, 0.1) is 0 Å². The Morgan fingerprint density at radius 2 is 2.40 bits per heavy atom. The summed E-state index contributed by atoms with van der Waals surface area (Å²) in [4.78, 5) is 14.0. The smallest absolute Gasteiger partial charge is 0.192 e. The van der Waals surface area contributed by atoms with Gasteiger partial charge in [0, 0.05) is 21.1 Å². The average molecular weight is 305 g/mol. The molecule has 1 rings (SSSR count). The summed E-state index contributed by atoms with van der Waals surface area (Å²) in [5, 5.41) is 0. The molecule has 1 amide bonds. The Morgan fingerprint density at radius 1 is 1.70 bits per heavy atom. The normalized spacial score (nSPS) is 8.00. The summed E-state index contributed by atoms with van der Waals surface area (Å²) < 4.78 is 0. The molecule has 10 heavy (non-hydrogen) atoms. The van der Waals surface area contributed by atoms with Crippen molar-refractivity contribution < 1.29 is 25.9 Å². The molecule has 0 radical (unpaired) electrons. The van der Waals surface area contributed by atoms with Gasteiger partial charge in [0.1, 0.15) is 0 Å². The third-order valence-corrected chi connectivity index (χ3v) is 0.908. The first-order valence-corrected chi connectivity index (χ1v) is 2.42. The minimum atomic E-state index is -0.450. The van der Waals surface area contributed by atoms with Gasteiger partial charge in [0.25, 0.3) is 0 Å². The maximum absolute atomic E-state index is 10.4. The zero-order valence-corrected chi connectivity index (χ0v) is 8.01. The van der Waals surface area contributed by atoms with Gasteiger partial charge in [-0.25, -0.2) is 0 Å². The second kappa shape index (κ2) is 4.18.